The number of carbonyl (C=O) groups excluding carboxylic acids is 3. The predicted octanol–water partition coefficient (Wildman–Crippen LogP) is 1.27. The van der Waals surface area contributed by atoms with Crippen LogP contribution in [-0.4, -0.2) is 29.3 Å². The molecule has 1 fully saturated rings. The number of rotatable bonds is 2. The summed E-state index contributed by atoms with van der Waals surface area (Å²) < 4.78 is 0. The van der Waals surface area contributed by atoms with E-state index in [1.54, 1.807) is 0 Å². The van der Waals surface area contributed by atoms with Crippen LogP contribution in [0.25, 0.3) is 0 Å². The molecule has 1 aliphatic rings. The third-order valence-electron chi connectivity index (χ3n) is 2.39. The van der Waals surface area contributed by atoms with Crippen LogP contribution in [0.5, 0.6) is 0 Å². The minimum atomic E-state index is -0.923. The number of hydrogen-bond donors (Lipinski definition) is 0. The zero-order valence-electron chi connectivity index (χ0n) is 9.09. The second kappa shape index (κ2) is 4.51. The van der Waals surface area contributed by atoms with Gasteiger partial charge in [-0.3, -0.25) is 9.59 Å². The highest BCUT2D eigenvalue weighted by atomic mass is 35.5. The Morgan fingerprint density at radius 2 is 1.72 bits per heavy atom. The molecule has 0 saturated carbocycles. The van der Waals surface area contributed by atoms with E-state index < -0.39 is 17.8 Å². The fourth-order valence-electron chi connectivity index (χ4n) is 1.55. The molecule has 4 amide bonds. The summed E-state index contributed by atoms with van der Waals surface area (Å²) in [5.74, 6) is 0.314. The highest BCUT2D eigenvalue weighted by Gasteiger charge is 2.44. The van der Waals surface area contributed by atoms with E-state index in [0.717, 1.165) is 9.80 Å². The van der Waals surface area contributed by atoms with Gasteiger partial charge in [-0.15, -0.1) is 6.42 Å². The van der Waals surface area contributed by atoms with Crippen molar-refractivity contribution in [2.45, 2.75) is 0 Å². The fourth-order valence-corrected chi connectivity index (χ4v) is 1.68. The van der Waals surface area contributed by atoms with Gasteiger partial charge in [0.2, 0.25) is 0 Å². The summed E-state index contributed by atoms with van der Waals surface area (Å²) in [5, 5.41) is 0.463. The average Bonchev–Trinajstić information content (AvgIpc) is 2.56. The van der Waals surface area contributed by atoms with Crippen molar-refractivity contribution in [3.05, 3.63) is 29.3 Å². The molecule has 0 aromatic heterocycles. The number of carbonyl (C=O) groups is 3. The summed E-state index contributed by atoms with van der Waals surface area (Å²) >= 11 is 5.71. The molecular weight excluding hydrogens is 256 g/mol. The molecular formula is C12H7ClN2O3. The van der Waals surface area contributed by atoms with Gasteiger partial charge in [-0.05, 0) is 24.3 Å². The lowest BCUT2D eigenvalue weighted by Crippen LogP contribution is -2.33. The van der Waals surface area contributed by atoms with Crippen molar-refractivity contribution in [1.82, 2.24) is 4.90 Å². The first-order valence-electron chi connectivity index (χ1n) is 4.95. The number of benzene rings is 1. The summed E-state index contributed by atoms with van der Waals surface area (Å²) in [6.07, 6.45) is 5.04. The Labute approximate surface area is 108 Å². The summed E-state index contributed by atoms with van der Waals surface area (Å²) in [6, 6.07) is 5.25. The van der Waals surface area contributed by atoms with Crippen LogP contribution in [0.2, 0.25) is 5.02 Å². The van der Waals surface area contributed by atoms with Crippen LogP contribution in [0.3, 0.4) is 0 Å². The van der Waals surface area contributed by atoms with Crippen LogP contribution in [0.4, 0.5) is 10.5 Å². The Morgan fingerprint density at radius 1 is 1.11 bits per heavy atom. The van der Waals surface area contributed by atoms with Gasteiger partial charge < -0.3 is 0 Å². The highest BCUT2D eigenvalue weighted by Crippen LogP contribution is 2.23. The van der Waals surface area contributed by atoms with Crippen molar-refractivity contribution in [2.75, 3.05) is 11.4 Å². The number of anilines is 1. The van der Waals surface area contributed by atoms with Gasteiger partial charge in [0.05, 0.1) is 12.2 Å². The largest absolute Gasteiger partial charge is 0.339 e. The van der Waals surface area contributed by atoms with Gasteiger partial charge in [0.15, 0.2) is 0 Å². The van der Waals surface area contributed by atoms with E-state index in [1.165, 1.54) is 24.3 Å². The third kappa shape index (κ3) is 1.83. The average molecular weight is 263 g/mol. The molecule has 18 heavy (non-hydrogen) atoms. The van der Waals surface area contributed by atoms with Crippen molar-refractivity contribution in [3.63, 3.8) is 0 Å². The molecule has 1 aromatic carbocycles. The topological polar surface area (TPSA) is 57.7 Å². The first-order valence-corrected chi connectivity index (χ1v) is 5.33. The van der Waals surface area contributed by atoms with Crippen LogP contribution >= 0.6 is 11.6 Å². The zero-order chi connectivity index (χ0) is 13.3. The fraction of sp³-hybridized carbons (Fsp3) is 0.0833. The number of urea groups is 1. The summed E-state index contributed by atoms with van der Waals surface area (Å²) in [5.41, 5.74) is 0.280. The molecule has 0 unspecified atom stereocenters. The van der Waals surface area contributed by atoms with E-state index in [9.17, 15) is 14.4 Å². The first kappa shape index (κ1) is 12.1. The van der Waals surface area contributed by atoms with Crippen molar-refractivity contribution in [3.8, 4) is 12.3 Å². The van der Waals surface area contributed by atoms with Crippen LogP contribution < -0.4 is 4.90 Å². The molecule has 6 heteroatoms. The van der Waals surface area contributed by atoms with E-state index in [2.05, 4.69) is 5.92 Å². The number of hydrogen-bond acceptors (Lipinski definition) is 3. The Balaban J connectivity index is 2.38. The standard InChI is InChI=1S/C12H7ClN2O3/c1-2-7-14-10(16)11(17)15(12(14)18)9-5-3-8(13)4-6-9/h1,3-6H,7H2. The van der Waals surface area contributed by atoms with Gasteiger partial charge in [0.1, 0.15) is 0 Å². The lowest BCUT2D eigenvalue weighted by Gasteiger charge is -2.13. The second-order valence-corrected chi connectivity index (χ2v) is 3.93. The predicted molar refractivity (Wildman–Crippen MR) is 64.9 cm³/mol. The normalized spacial score (nSPS) is 15.2. The maximum atomic E-state index is 11.9. The first-order chi connectivity index (χ1) is 8.56. The molecule has 5 nitrogen and oxygen atoms in total. The van der Waals surface area contributed by atoms with Crippen molar-refractivity contribution in [1.29, 1.82) is 0 Å². The lowest BCUT2D eigenvalue weighted by molar-refractivity contribution is -0.139. The quantitative estimate of drug-likeness (QED) is 0.458. The molecule has 0 atom stereocenters. The number of imide groups is 2. The van der Waals surface area contributed by atoms with E-state index >= 15 is 0 Å². The number of terminal acetylenes is 1. The van der Waals surface area contributed by atoms with Crippen LogP contribution in [0.15, 0.2) is 24.3 Å². The van der Waals surface area contributed by atoms with Gasteiger partial charge in [0, 0.05) is 5.02 Å². The lowest BCUT2D eigenvalue weighted by atomic mass is 10.3. The van der Waals surface area contributed by atoms with E-state index in [-0.39, 0.29) is 12.2 Å². The van der Waals surface area contributed by atoms with Gasteiger partial charge in [-0.25, -0.2) is 14.6 Å². The van der Waals surface area contributed by atoms with E-state index in [0.29, 0.717) is 5.02 Å². The molecule has 0 N–H and O–H groups in total. The number of nitrogens with zero attached hydrogens (tertiary/aromatic N) is 2. The van der Waals surface area contributed by atoms with Crippen molar-refractivity contribution in [2.24, 2.45) is 0 Å². The molecule has 1 saturated heterocycles. The van der Waals surface area contributed by atoms with Crippen molar-refractivity contribution < 1.29 is 14.4 Å². The van der Waals surface area contributed by atoms with E-state index in [1.807, 2.05) is 0 Å². The Kier molecular flexibility index (Phi) is 3.04. The Bertz CT molecular complexity index is 574. The number of halogens is 1. The minimum Gasteiger partial charge on any atom is -0.263 e. The van der Waals surface area contributed by atoms with E-state index in [4.69, 9.17) is 18.0 Å². The molecule has 90 valence electrons. The minimum absolute atomic E-state index is 0.229. The van der Waals surface area contributed by atoms with Gasteiger partial charge >= 0.3 is 17.8 Å². The maximum Gasteiger partial charge on any atom is 0.339 e. The van der Waals surface area contributed by atoms with Gasteiger partial charge in [0.25, 0.3) is 0 Å². The third-order valence-corrected chi connectivity index (χ3v) is 2.64. The summed E-state index contributed by atoms with van der Waals surface area (Å²) in [7, 11) is 0. The molecule has 0 aliphatic carbocycles. The smallest absolute Gasteiger partial charge is 0.263 e. The SMILES string of the molecule is C#CCN1C(=O)C(=O)N(c2ccc(Cl)cc2)C1=O. The molecule has 0 radical (unpaired) electrons. The van der Waals surface area contributed by atoms with Crippen LogP contribution in [0, 0.1) is 12.3 Å². The summed E-state index contributed by atoms with van der Waals surface area (Å²) in [6.45, 7) is -0.229. The molecule has 1 heterocycles. The highest BCUT2D eigenvalue weighted by molar-refractivity contribution is 6.52. The number of amides is 4. The van der Waals surface area contributed by atoms with Gasteiger partial charge in [-0.1, -0.05) is 17.5 Å². The van der Waals surface area contributed by atoms with Crippen LogP contribution in [0.1, 0.15) is 0 Å². The monoisotopic (exact) mass is 262 g/mol. The van der Waals surface area contributed by atoms with Gasteiger partial charge in [-0.2, -0.15) is 0 Å². The molecule has 0 bridgehead atoms. The zero-order valence-corrected chi connectivity index (χ0v) is 9.85. The molecule has 2 rings (SSSR count). The molecule has 0 spiro atoms. The molecule has 1 aliphatic heterocycles. The maximum absolute atomic E-state index is 11.9. The summed E-state index contributed by atoms with van der Waals surface area (Å²) in [4.78, 5) is 36.6. The van der Waals surface area contributed by atoms with Crippen LogP contribution in [-0.2, 0) is 9.59 Å². The second-order valence-electron chi connectivity index (χ2n) is 3.49. The van der Waals surface area contributed by atoms with Crippen molar-refractivity contribution >= 4 is 35.1 Å². The Hall–Kier alpha value is -2.32. The Morgan fingerprint density at radius 3 is 2.28 bits per heavy atom. The molecule has 1 aromatic rings.